The molecular weight excluding hydrogens is 258 g/mol. The summed E-state index contributed by atoms with van der Waals surface area (Å²) in [6.45, 7) is 4.05. The highest BCUT2D eigenvalue weighted by atomic mass is 16.3. The van der Waals surface area contributed by atoms with Crippen LogP contribution in [-0.4, -0.2) is 34.0 Å². The molecule has 106 valence electrons. The molecule has 1 saturated carbocycles. The van der Waals surface area contributed by atoms with E-state index in [0.29, 0.717) is 34.8 Å². The number of hydrogen-bond donors (Lipinski definition) is 2. The van der Waals surface area contributed by atoms with Gasteiger partial charge in [-0.25, -0.2) is 9.97 Å². The van der Waals surface area contributed by atoms with Crippen molar-refractivity contribution in [1.29, 1.82) is 0 Å². The summed E-state index contributed by atoms with van der Waals surface area (Å²) in [5.74, 6) is 1.08. The topological polar surface area (TPSA) is 88.2 Å². The van der Waals surface area contributed by atoms with Gasteiger partial charge in [-0.2, -0.15) is 0 Å². The summed E-state index contributed by atoms with van der Waals surface area (Å²) in [6, 6.07) is 0. The molecule has 0 aliphatic heterocycles. The number of ketones is 1. The Bertz CT molecular complexity index is 674. The second-order valence-electron chi connectivity index (χ2n) is 5.50. The summed E-state index contributed by atoms with van der Waals surface area (Å²) < 4.78 is 5.51. The third kappa shape index (κ3) is 2.06. The van der Waals surface area contributed by atoms with Crippen LogP contribution in [-0.2, 0) is 0 Å². The number of carbonyl (C=O) groups is 1. The number of aliphatic hydroxyl groups is 1. The number of hydrogen-bond acceptors (Lipinski definition) is 6. The van der Waals surface area contributed by atoms with Crippen LogP contribution in [0.2, 0.25) is 0 Å². The van der Waals surface area contributed by atoms with Crippen LogP contribution in [0.25, 0.3) is 11.1 Å². The predicted molar refractivity (Wildman–Crippen MR) is 73.8 cm³/mol. The van der Waals surface area contributed by atoms with E-state index >= 15 is 0 Å². The molecule has 1 fully saturated rings. The average molecular weight is 275 g/mol. The summed E-state index contributed by atoms with van der Waals surface area (Å²) in [5, 5.41) is 13.2. The summed E-state index contributed by atoms with van der Waals surface area (Å²) >= 11 is 0. The molecule has 0 radical (unpaired) electrons. The van der Waals surface area contributed by atoms with Crippen LogP contribution in [0.3, 0.4) is 0 Å². The maximum Gasteiger partial charge on any atom is 0.232 e. The third-order valence-corrected chi connectivity index (χ3v) is 3.94. The zero-order chi connectivity index (χ0) is 14.3. The van der Waals surface area contributed by atoms with E-state index in [1.165, 1.54) is 13.3 Å². The van der Waals surface area contributed by atoms with Crippen LogP contribution in [0.4, 0.5) is 5.82 Å². The van der Waals surface area contributed by atoms with Gasteiger partial charge in [0.25, 0.3) is 0 Å². The van der Waals surface area contributed by atoms with E-state index in [4.69, 9.17) is 4.42 Å². The highest BCUT2D eigenvalue weighted by Gasteiger charge is 2.42. The third-order valence-electron chi connectivity index (χ3n) is 3.94. The molecule has 1 aliphatic rings. The Morgan fingerprint density at radius 3 is 2.85 bits per heavy atom. The number of nitrogens with zero attached hydrogens (tertiary/aromatic N) is 2. The van der Waals surface area contributed by atoms with Gasteiger partial charge in [0.05, 0.1) is 17.6 Å². The highest BCUT2D eigenvalue weighted by Crippen LogP contribution is 2.45. The van der Waals surface area contributed by atoms with Gasteiger partial charge in [-0.05, 0) is 26.7 Å². The molecule has 2 aromatic rings. The zero-order valence-electron chi connectivity index (χ0n) is 11.6. The predicted octanol–water partition coefficient (Wildman–Crippen LogP) is 1.92. The lowest BCUT2D eigenvalue weighted by Gasteiger charge is -2.13. The van der Waals surface area contributed by atoms with E-state index in [1.54, 1.807) is 6.92 Å². The minimum atomic E-state index is -0.0672. The van der Waals surface area contributed by atoms with Gasteiger partial charge in [0, 0.05) is 12.0 Å². The first-order valence-electron chi connectivity index (χ1n) is 6.66. The Hall–Kier alpha value is -1.95. The molecule has 0 unspecified atom stereocenters. The molecule has 2 heterocycles. The van der Waals surface area contributed by atoms with E-state index in [9.17, 15) is 9.90 Å². The number of furan rings is 1. The molecule has 3 rings (SSSR count). The second kappa shape index (κ2) is 4.56. The molecule has 0 amide bonds. The Balaban J connectivity index is 2.00. The van der Waals surface area contributed by atoms with Crippen molar-refractivity contribution in [3.63, 3.8) is 0 Å². The molecule has 0 spiro atoms. The molecular formula is C14H17N3O3. The standard InChI is InChI=1S/C14H17N3O3/c1-8(19)10-9(2)20-13-11(10)12(16-7-17-13)15-5-14(6-18)3-4-14/h7,18H,3-6H2,1-2H3,(H,15,16,17). The number of anilines is 1. The number of nitrogens with one attached hydrogen (secondary N) is 1. The Labute approximate surface area is 116 Å². The zero-order valence-corrected chi connectivity index (χ0v) is 11.6. The van der Waals surface area contributed by atoms with Gasteiger partial charge >= 0.3 is 0 Å². The molecule has 0 saturated heterocycles. The van der Waals surface area contributed by atoms with E-state index in [0.717, 1.165) is 12.8 Å². The Kier molecular flexibility index (Phi) is 2.97. The van der Waals surface area contributed by atoms with Gasteiger partial charge in [0.2, 0.25) is 5.71 Å². The number of Topliss-reactive ketones (excluding diaryl/α,β-unsaturated/α-hetero) is 1. The monoisotopic (exact) mass is 275 g/mol. The molecule has 20 heavy (non-hydrogen) atoms. The fourth-order valence-electron chi connectivity index (χ4n) is 2.44. The van der Waals surface area contributed by atoms with Crippen molar-refractivity contribution < 1.29 is 14.3 Å². The van der Waals surface area contributed by atoms with Crippen molar-refractivity contribution in [3.05, 3.63) is 17.7 Å². The quantitative estimate of drug-likeness (QED) is 0.810. The fourth-order valence-corrected chi connectivity index (χ4v) is 2.44. The highest BCUT2D eigenvalue weighted by molar-refractivity contribution is 6.09. The first-order valence-corrected chi connectivity index (χ1v) is 6.66. The number of fused-ring (bicyclic) bond motifs is 1. The van der Waals surface area contributed by atoms with Crippen molar-refractivity contribution in [2.75, 3.05) is 18.5 Å². The number of aryl methyl sites for hydroxylation is 1. The molecule has 6 nitrogen and oxygen atoms in total. The van der Waals surface area contributed by atoms with Crippen molar-refractivity contribution in [1.82, 2.24) is 9.97 Å². The lowest BCUT2D eigenvalue weighted by Crippen LogP contribution is -2.19. The molecule has 2 N–H and O–H groups in total. The number of aromatic nitrogens is 2. The minimum Gasteiger partial charge on any atom is -0.442 e. The first-order chi connectivity index (χ1) is 9.56. The maximum absolute atomic E-state index is 11.8. The van der Waals surface area contributed by atoms with Gasteiger partial charge < -0.3 is 14.8 Å². The SMILES string of the molecule is CC(=O)c1c(C)oc2ncnc(NCC3(CO)CC3)c12. The summed E-state index contributed by atoms with van der Waals surface area (Å²) in [4.78, 5) is 20.1. The summed E-state index contributed by atoms with van der Waals surface area (Å²) in [5.41, 5.74) is 0.905. The molecule has 0 atom stereocenters. The Morgan fingerprint density at radius 2 is 2.25 bits per heavy atom. The largest absolute Gasteiger partial charge is 0.442 e. The van der Waals surface area contributed by atoms with Crippen LogP contribution >= 0.6 is 0 Å². The minimum absolute atomic E-state index is 0.0353. The normalized spacial score (nSPS) is 16.4. The van der Waals surface area contributed by atoms with Crippen molar-refractivity contribution in [2.45, 2.75) is 26.7 Å². The summed E-state index contributed by atoms with van der Waals surface area (Å²) in [7, 11) is 0. The van der Waals surface area contributed by atoms with Crippen molar-refractivity contribution in [2.24, 2.45) is 5.41 Å². The van der Waals surface area contributed by atoms with Gasteiger partial charge in [-0.15, -0.1) is 0 Å². The van der Waals surface area contributed by atoms with Crippen molar-refractivity contribution >= 4 is 22.7 Å². The van der Waals surface area contributed by atoms with Gasteiger partial charge in [0.1, 0.15) is 17.9 Å². The van der Waals surface area contributed by atoms with E-state index in [1.807, 2.05) is 0 Å². The lowest BCUT2D eigenvalue weighted by molar-refractivity contribution is 0.101. The number of aliphatic hydroxyl groups excluding tert-OH is 1. The van der Waals surface area contributed by atoms with Crippen LogP contribution in [0.5, 0.6) is 0 Å². The molecule has 6 heteroatoms. The van der Waals surface area contributed by atoms with Crippen molar-refractivity contribution in [3.8, 4) is 0 Å². The van der Waals surface area contributed by atoms with Crippen LogP contribution in [0, 0.1) is 12.3 Å². The van der Waals surface area contributed by atoms with Gasteiger partial charge in [-0.3, -0.25) is 4.79 Å². The molecule has 0 aromatic carbocycles. The van der Waals surface area contributed by atoms with Gasteiger partial charge in [-0.1, -0.05) is 0 Å². The van der Waals surface area contributed by atoms with E-state index < -0.39 is 0 Å². The second-order valence-corrected chi connectivity index (χ2v) is 5.50. The molecule has 2 aromatic heterocycles. The van der Waals surface area contributed by atoms with Gasteiger partial charge in [0.15, 0.2) is 5.78 Å². The lowest BCUT2D eigenvalue weighted by atomic mass is 10.1. The summed E-state index contributed by atoms with van der Waals surface area (Å²) in [6.07, 6.45) is 3.43. The van der Waals surface area contributed by atoms with E-state index in [-0.39, 0.29) is 17.8 Å². The molecule has 1 aliphatic carbocycles. The smallest absolute Gasteiger partial charge is 0.232 e. The van der Waals surface area contributed by atoms with E-state index in [2.05, 4.69) is 15.3 Å². The fraction of sp³-hybridized carbons (Fsp3) is 0.500. The van der Waals surface area contributed by atoms with Crippen LogP contribution < -0.4 is 5.32 Å². The molecule has 0 bridgehead atoms. The number of rotatable bonds is 5. The van der Waals surface area contributed by atoms with Crippen LogP contribution in [0.15, 0.2) is 10.7 Å². The first kappa shape index (κ1) is 13.1. The number of carbonyl (C=O) groups excluding carboxylic acids is 1. The Morgan fingerprint density at radius 1 is 1.50 bits per heavy atom. The average Bonchev–Trinajstić information content (AvgIpc) is 3.11. The maximum atomic E-state index is 11.8. The van der Waals surface area contributed by atoms with Crippen LogP contribution in [0.1, 0.15) is 35.9 Å².